The van der Waals surface area contributed by atoms with Gasteiger partial charge in [0.25, 0.3) is 5.69 Å². The Morgan fingerprint density at radius 2 is 1.77 bits per heavy atom. The summed E-state index contributed by atoms with van der Waals surface area (Å²) in [5.74, 6) is -0.529. The quantitative estimate of drug-likeness (QED) is 0.681. The number of carbonyl (C=O) groups excluding carboxylic acids is 1. The number of amides is 1. The number of hydrogen-bond donors (Lipinski definition) is 1. The van der Waals surface area contributed by atoms with Gasteiger partial charge in [-0.3, -0.25) is 14.9 Å². The number of non-ortho nitro benzene ring substituents is 1. The Hall–Kier alpha value is -2.76. The molecule has 0 spiro atoms. The summed E-state index contributed by atoms with van der Waals surface area (Å²) in [6.45, 7) is 1.81. The van der Waals surface area contributed by atoms with Crippen LogP contribution in [0.4, 0.5) is 10.1 Å². The second-order valence-corrected chi connectivity index (χ2v) is 4.94. The second kappa shape index (κ2) is 6.80. The maximum Gasteiger partial charge on any atom is 0.269 e. The van der Waals surface area contributed by atoms with Gasteiger partial charge in [-0.2, -0.15) is 0 Å². The molecule has 2 rings (SSSR count). The highest BCUT2D eigenvalue weighted by atomic mass is 19.1. The summed E-state index contributed by atoms with van der Waals surface area (Å²) >= 11 is 0. The average Bonchev–Trinajstić information content (AvgIpc) is 2.48. The minimum atomic E-state index is -0.486. The van der Waals surface area contributed by atoms with Gasteiger partial charge in [0.15, 0.2) is 0 Å². The number of rotatable bonds is 5. The molecular weight excluding hydrogens is 287 g/mol. The van der Waals surface area contributed by atoms with Crippen molar-refractivity contribution in [3.05, 3.63) is 75.6 Å². The Kier molecular flexibility index (Phi) is 4.83. The molecule has 6 heteroatoms. The van der Waals surface area contributed by atoms with Gasteiger partial charge in [-0.05, 0) is 30.2 Å². The lowest BCUT2D eigenvalue weighted by molar-refractivity contribution is -0.384. The number of nitro groups is 1. The van der Waals surface area contributed by atoms with E-state index in [9.17, 15) is 19.3 Å². The number of benzene rings is 2. The van der Waals surface area contributed by atoms with Gasteiger partial charge >= 0.3 is 0 Å². The third kappa shape index (κ3) is 4.12. The lowest BCUT2D eigenvalue weighted by Gasteiger charge is -2.14. The first kappa shape index (κ1) is 15.6. The molecule has 1 N–H and O–H groups in total. The van der Waals surface area contributed by atoms with Crippen molar-refractivity contribution in [2.45, 2.75) is 19.4 Å². The molecule has 0 fully saturated rings. The molecule has 22 heavy (non-hydrogen) atoms. The van der Waals surface area contributed by atoms with Crippen molar-refractivity contribution < 1.29 is 14.1 Å². The van der Waals surface area contributed by atoms with E-state index >= 15 is 0 Å². The van der Waals surface area contributed by atoms with Crippen molar-refractivity contribution in [1.82, 2.24) is 5.32 Å². The number of nitrogens with zero attached hydrogens (tertiary/aromatic N) is 1. The maximum atomic E-state index is 12.9. The van der Waals surface area contributed by atoms with E-state index in [4.69, 9.17) is 0 Å². The van der Waals surface area contributed by atoms with E-state index in [0.29, 0.717) is 5.56 Å². The zero-order valence-corrected chi connectivity index (χ0v) is 12.0. The van der Waals surface area contributed by atoms with E-state index < -0.39 is 4.92 Å². The Morgan fingerprint density at radius 1 is 1.18 bits per heavy atom. The fourth-order valence-electron chi connectivity index (χ4n) is 2.05. The van der Waals surface area contributed by atoms with Crippen LogP contribution in [-0.4, -0.2) is 10.8 Å². The summed E-state index contributed by atoms with van der Waals surface area (Å²) in [6, 6.07) is 11.5. The van der Waals surface area contributed by atoms with Crippen LogP contribution in [0.25, 0.3) is 0 Å². The molecule has 0 saturated carbocycles. The average molecular weight is 302 g/mol. The van der Waals surface area contributed by atoms with Crippen LogP contribution in [0.3, 0.4) is 0 Å². The minimum Gasteiger partial charge on any atom is -0.349 e. The third-order valence-electron chi connectivity index (χ3n) is 3.26. The molecule has 2 aromatic rings. The molecule has 2 aromatic carbocycles. The monoisotopic (exact) mass is 302 g/mol. The van der Waals surface area contributed by atoms with Gasteiger partial charge in [-0.1, -0.05) is 24.3 Å². The normalized spacial score (nSPS) is 11.7. The van der Waals surface area contributed by atoms with Crippen molar-refractivity contribution in [3.63, 3.8) is 0 Å². The van der Waals surface area contributed by atoms with Gasteiger partial charge in [-0.15, -0.1) is 0 Å². The largest absolute Gasteiger partial charge is 0.349 e. The first-order valence-corrected chi connectivity index (χ1v) is 6.74. The smallest absolute Gasteiger partial charge is 0.269 e. The summed E-state index contributed by atoms with van der Waals surface area (Å²) in [4.78, 5) is 22.0. The molecule has 0 saturated heterocycles. The zero-order valence-electron chi connectivity index (χ0n) is 12.0. The maximum absolute atomic E-state index is 12.9. The van der Waals surface area contributed by atoms with E-state index in [-0.39, 0.29) is 29.9 Å². The topological polar surface area (TPSA) is 72.2 Å². The molecule has 0 heterocycles. The van der Waals surface area contributed by atoms with E-state index in [0.717, 1.165) is 5.56 Å². The SMILES string of the molecule is C[C@H](NC(=O)Cc1ccc([N+](=O)[O-])cc1)c1ccc(F)cc1. The van der Waals surface area contributed by atoms with Crippen molar-refractivity contribution in [2.75, 3.05) is 0 Å². The highest BCUT2D eigenvalue weighted by molar-refractivity contribution is 5.79. The van der Waals surface area contributed by atoms with Crippen LogP contribution in [-0.2, 0) is 11.2 Å². The fraction of sp³-hybridized carbons (Fsp3) is 0.188. The van der Waals surface area contributed by atoms with Gasteiger partial charge in [0, 0.05) is 12.1 Å². The van der Waals surface area contributed by atoms with Crippen LogP contribution >= 0.6 is 0 Å². The number of nitrogens with one attached hydrogen (secondary N) is 1. The van der Waals surface area contributed by atoms with Gasteiger partial charge < -0.3 is 5.32 Å². The van der Waals surface area contributed by atoms with E-state index in [2.05, 4.69) is 5.32 Å². The van der Waals surface area contributed by atoms with Crippen molar-refractivity contribution in [2.24, 2.45) is 0 Å². The second-order valence-electron chi connectivity index (χ2n) is 4.94. The number of halogens is 1. The van der Waals surface area contributed by atoms with E-state index in [1.807, 2.05) is 0 Å². The van der Waals surface area contributed by atoms with Crippen LogP contribution in [0.2, 0.25) is 0 Å². The Morgan fingerprint density at radius 3 is 2.32 bits per heavy atom. The van der Waals surface area contributed by atoms with Crippen LogP contribution in [0.1, 0.15) is 24.1 Å². The third-order valence-corrected chi connectivity index (χ3v) is 3.26. The molecule has 114 valence electrons. The highest BCUT2D eigenvalue weighted by Gasteiger charge is 2.11. The lowest BCUT2D eigenvalue weighted by Crippen LogP contribution is -2.28. The summed E-state index contributed by atoms with van der Waals surface area (Å²) < 4.78 is 12.9. The molecule has 0 radical (unpaired) electrons. The molecule has 0 unspecified atom stereocenters. The predicted molar refractivity (Wildman–Crippen MR) is 79.8 cm³/mol. The summed E-state index contributed by atoms with van der Waals surface area (Å²) in [5, 5.41) is 13.4. The van der Waals surface area contributed by atoms with Crippen molar-refractivity contribution >= 4 is 11.6 Å². The molecule has 0 aliphatic heterocycles. The number of hydrogen-bond acceptors (Lipinski definition) is 3. The first-order chi connectivity index (χ1) is 10.5. The minimum absolute atomic E-state index is 0.0103. The van der Waals surface area contributed by atoms with Gasteiger partial charge in [0.05, 0.1) is 17.4 Å². The number of carbonyl (C=O) groups is 1. The van der Waals surface area contributed by atoms with Gasteiger partial charge in [-0.25, -0.2) is 4.39 Å². The summed E-state index contributed by atoms with van der Waals surface area (Å²) in [5.41, 5.74) is 1.48. The molecule has 0 aliphatic rings. The van der Waals surface area contributed by atoms with Crippen LogP contribution in [0, 0.1) is 15.9 Å². The fourth-order valence-corrected chi connectivity index (χ4v) is 2.05. The van der Waals surface area contributed by atoms with E-state index in [1.165, 1.54) is 24.3 Å². The van der Waals surface area contributed by atoms with E-state index in [1.54, 1.807) is 31.2 Å². The molecule has 1 atom stereocenters. The van der Waals surface area contributed by atoms with Crippen LogP contribution < -0.4 is 5.32 Å². The molecule has 5 nitrogen and oxygen atoms in total. The highest BCUT2D eigenvalue weighted by Crippen LogP contribution is 2.15. The first-order valence-electron chi connectivity index (χ1n) is 6.74. The number of nitro benzene ring substituents is 1. The molecule has 0 bridgehead atoms. The van der Waals surface area contributed by atoms with Crippen LogP contribution in [0.5, 0.6) is 0 Å². The van der Waals surface area contributed by atoms with Crippen molar-refractivity contribution in [3.8, 4) is 0 Å². The zero-order chi connectivity index (χ0) is 16.1. The lowest BCUT2D eigenvalue weighted by atomic mass is 10.1. The Balaban J connectivity index is 1.94. The standard InChI is InChI=1S/C16H15FN2O3/c1-11(13-4-6-14(17)7-5-13)18-16(20)10-12-2-8-15(9-3-12)19(21)22/h2-9,11H,10H2,1H3,(H,18,20)/t11-/m0/s1. The summed E-state index contributed by atoms with van der Waals surface area (Å²) in [6.07, 6.45) is 0.129. The molecule has 0 aliphatic carbocycles. The van der Waals surface area contributed by atoms with Gasteiger partial charge in [0.1, 0.15) is 5.82 Å². The Bertz CT molecular complexity index is 669. The summed E-state index contributed by atoms with van der Waals surface area (Å²) in [7, 11) is 0. The van der Waals surface area contributed by atoms with Crippen molar-refractivity contribution in [1.29, 1.82) is 0 Å². The predicted octanol–water partition coefficient (Wildman–Crippen LogP) is 3.15. The molecule has 1 amide bonds. The van der Waals surface area contributed by atoms with Gasteiger partial charge in [0.2, 0.25) is 5.91 Å². The Labute approximate surface area is 126 Å². The molecular formula is C16H15FN2O3. The molecule has 0 aromatic heterocycles. The van der Waals surface area contributed by atoms with Crippen LogP contribution in [0.15, 0.2) is 48.5 Å².